The molecule has 2 amide bonds. The molecule has 0 saturated carbocycles. The van der Waals surface area contributed by atoms with Crippen LogP contribution in [0.15, 0.2) is 41.8 Å². The van der Waals surface area contributed by atoms with Crippen LogP contribution >= 0.6 is 11.3 Å². The summed E-state index contributed by atoms with van der Waals surface area (Å²) in [4.78, 5) is 31.1. The maximum Gasteiger partial charge on any atom is 0.410 e. The average molecular weight is 427 g/mol. The number of likely N-dealkylation sites (tertiary alicyclic amines) is 1. The second kappa shape index (κ2) is 8.42. The van der Waals surface area contributed by atoms with Crippen molar-refractivity contribution in [2.24, 2.45) is 5.92 Å². The van der Waals surface area contributed by atoms with E-state index in [2.05, 4.69) is 28.5 Å². The van der Waals surface area contributed by atoms with Crippen molar-refractivity contribution in [1.29, 1.82) is 0 Å². The summed E-state index contributed by atoms with van der Waals surface area (Å²) in [5.41, 5.74) is 1.92. The Bertz CT molecular complexity index is 895. The van der Waals surface area contributed by atoms with Gasteiger partial charge < -0.3 is 14.5 Å². The number of hydrogen-bond acceptors (Lipinski definition) is 4. The SMILES string of the molecule is CC(C)(C)OC(=O)N1CCC(C(=O)N2CCc3sccc3C2c2ccccc2)CC1. The Morgan fingerprint density at radius 3 is 2.40 bits per heavy atom. The molecule has 2 aromatic rings. The highest BCUT2D eigenvalue weighted by molar-refractivity contribution is 7.10. The van der Waals surface area contributed by atoms with Crippen molar-refractivity contribution < 1.29 is 14.3 Å². The third-order valence-corrected chi connectivity index (χ3v) is 6.86. The van der Waals surface area contributed by atoms with Gasteiger partial charge in [-0.15, -0.1) is 11.3 Å². The highest BCUT2D eigenvalue weighted by Gasteiger charge is 2.37. The zero-order chi connectivity index (χ0) is 21.3. The quantitative estimate of drug-likeness (QED) is 0.688. The topological polar surface area (TPSA) is 49.9 Å². The first-order valence-electron chi connectivity index (χ1n) is 10.7. The normalized spacial score (nSPS) is 20.0. The first kappa shape index (κ1) is 20.9. The fourth-order valence-corrected chi connectivity index (χ4v) is 5.32. The number of carbonyl (C=O) groups excluding carboxylic acids is 2. The molecule has 0 aliphatic carbocycles. The Balaban J connectivity index is 1.47. The zero-order valence-corrected chi connectivity index (χ0v) is 18.8. The van der Waals surface area contributed by atoms with Crippen molar-refractivity contribution in [1.82, 2.24) is 9.80 Å². The molecule has 2 aliphatic rings. The van der Waals surface area contributed by atoms with Crippen LogP contribution in [0.2, 0.25) is 0 Å². The van der Waals surface area contributed by atoms with E-state index >= 15 is 0 Å². The van der Waals surface area contributed by atoms with Crippen LogP contribution in [0, 0.1) is 5.92 Å². The molecule has 1 aromatic carbocycles. The molecule has 160 valence electrons. The van der Waals surface area contributed by atoms with E-state index in [1.165, 1.54) is 10.4 Å². The van der Waals surface area contributed by atoms with Gasteiger partial charge in [-0.3, -0.25) is 4.79 Å². The Kier molecular flexibility index (Phi) is 5.87. The van der Waals surface area contributed by atoms with E-state index in [0.717, 1.165) is 18.5 Å². The van der Waals surface area contributed by atoms with Crippen molar-refractivity contribution in [3.63, 3.8) is 0 Å². The van der Waals surface area contributed by atoms with Crippen LogP contribution in [0.25, 0.3) is 0 Å². The lowest BCUT2D eigenvalue weighted by molar-refractivity contribution is -0.139. The molecule has 30 heavy (non-hydrogen) atoms. The molecule has 1 atom stereocenters. The van der Waals surface area contributed by atoms with E-state index in [1.54, 1.807) is 16.2 Å². The zero-order valence-electron chi connectivity index (χ0n) is 18.0. The van der Waals surface area contributed by atoms with Crippen molar-refractivity contribution in [3.8, 4) is 0 Å². The third-order valence-electron chi connectivity index (χ3n) is 5.86. The summed E-state index contributed by atoms with van der Waals surface area (Å²) in [6, 6.07) is 12.5. The van der Waals surface area contributed by atoms with Gasteiger partial charge in [-0.2, -0.15) is 0 Å². The van der Waals surface area contributed by atoms with Gasteiger partial charge in [0.05, 0.1) is 6.04 Å². The van der Waals surface area contributed by atoms with Gasteiger partial charge in [-0.1, -0.05) is 30.3 Å². The lowest BCUT2D eigenvalue weighted by Gasteiger charge is -2.40. The number of hydrogen-bond donors (Lipinski definition) is 0. The predicted molar refractivity (Wildman–Crippen MR) is 119 cm³/mol. The summed E-state index contributed by atoms with van der Waals surface area (Å²) < 4.78 is 5.49. The molecule has 1 fully saturated rings. The number of thiophene rings is 1. The summed E-state index contributed by atoms with van der Waals surface area (Å²) in [5, 5.41) is 2.13. The number of carbonyl (C=O) groups is 2. The van der Waals surface area contributed by atoms with E-state index in [1.807, 2.05) is 39.0 Å². The first-order valence-corrected chi connectivity index (χ1v) is 11.6. The Morgan fingerprint density at radius 2 is 1.73 bits per heavy atom. The molecule has 5 nitrogen and oxygen atoms in total. The molecule has 1 aromatic heterocycles. The number of nitrogens with zero attached hydrogens (tertiary/aromatic N) is 2. The molecule has 0 N–H and O–H groups in total. The molecule has 4 rings (SSSR count). The van der Waals surface area contributed by atoms with Crippen molar-refractivity contribution in [2.75, 3.05) is 19.6 Å². The summed E-state index contributed by atoms with van der Waals surface area (Å²) in [6.07, 6.45) is 2.01. The minimum absolute atomic E-state index is 0.0161. The van der Waals surface area contributed by atoms with E-state index in [-0.39, 0.29) is 24.0 Å². The predicted octanol–water partition coefficient (Wildman–Crippen LogP) is 4.87. The van der Waals surface area contributed by atoms with Gasteiger partial charge in [0.1, 0.15) is 5.60 Å². The molecule has 0 radical (unpaired) electrons. The molecule has 1 saturated heterocycles. The van der Waals surface area contributed by atoms with Gasteiger partial charge in [0.15, 0.2) is 0 Å². The van der Waals surface area contributed by atoms with Gasteiger partial charge in [0.25, 0.3) is 0 Å². The highest BCUT2D eigenvalue weighted by atomic mass is 32.1. The molecular formula is C24H30N2O3S. The third kappa shape index (κ3) is 4.38. The number of amides is 2. The summed E-state index contributed by atoms with van der Waals surface area (Å²) >= 11 is 1.78. The summed E-state index contributed by atoms with van der Waals surface area (Å²) in [5.74, 6) is 0.166. The fourth-order valence-electron chi connectivity index (χ4n) is 4.42. The standard InChI is InChI=1S/C24H30N2O3S/c1-24(2,3)29-23(28)25-13-9-18(10-14-25)22(27)26-15-11-20-19(12-16-30-20)21(26)17-7-5-4-6-8-17/h4-8,12,16,18,21H,9-11,13-15H2,1-3H3. The Morgan fingerprint density at radius 1 is 1.03 bits per heavy atom. The van der Waals surface area contributed by atoms with E-state index in [4.69, 9.17) is 4.74 Å². The van der Waals surface area contributed by atoms with Crippen LogP contribution < -0.4 is 0 Å². The van der Waals surface area contributed by atoms with Crippen molar-refractivity contribution >= 4 is 23.3 Å². The number of ether oxygens (including phenoxy) is 1. The molecular weight excluding hydrogens is 396 g/mol. The lowest BCUT2D eigenvalue weighted by Crippen LogP contribution is -2.48. The van der Waals surface area contributed by atoms with Gasteiger partial charge in [0.2, 0.25) is 5.91 Å². The number of benzene rings is 1. The Hall–Kier alpha value is -2.34. The minimum atomic E-state index is -0.501. The van der Waals surface area contributed by atoms with Gasteiger partial charge in [-0.25, -0.2) is 4.79 Å². The summed E-state index contributed by atoms with van der Waals surface area (Å²) in [6.45, 7) is 7.51. The molecule has 6 heteroatoms. The first-order chi connectivity index (χ1) is 14.3. The molecule has 3 heterocycles. The fraction of sp³-hybridized carbons (Fsp3) is 0.500. The second-order valence-corrected chi connectivity index (χ2v) is 10.1. The Labute approximate surface area is 182 Å². The van der Waals surface area contributed by atoms with E-state index in [9.17, 15) is 9.59 Å². The van der Waals surface area contributed by atoms with Gasteiger partial charge >= 0.3 is 6.09 Å². The second-order valence-electron chi connectivity index (χ2n) is 9.14. The molecule has 2 aliphatic heterocycles. The van der Waals surface area contributed by atoms with Crippen LogP contribution in [0.4, 0.5) is 4.79 Å². The van der Waals surface area contributed by atoms with Crippen LogP contribution in [0.3, 0.4) is 0 Å². The number of rotatable bonds is 2. The van der Waals surface area contributed by atoms with Crippen LogP contribution in [-0.2, 0) is 16.0 Å². The minimum Gasteiger partial charge on any atom is -0.444 e. The monoisotopic (exact) mass is 426 g/mol. The van der Waals surface area contributed by atoms with Crippen LogP contribution in [0.5, 0.6) is 0 Å². The van der Waals surface area contributed by atoms with E-state index < -0.39 is 5.60 Å². The maximum atomic E-state index is 13.6. The molecule has 0 spiro atoms. The number of piperidine rings is 1. The summed E-state index contributed by atoms with van der Waals surface area (Å²) in [7, 11) is 0. The molecule has 0 bridgehead atoms. The van der Waals surface area contributed by atoms with Crippen molar-refractivity contribution in [3.05, 3.63) is 57.8 Å². The lowest BCUT2D eigenvalue weighted by atomic mass is 9.89. The largest absolute Gasteiger partial charge is 0.444 e. The van der Waals surface area contributed by atoms with E-state index in [0.29, 0.717) is 25.9 Å². The van der Waals surface area contributed by atoms with Crippen LogP contribution in [-0.4, -0.2) is 47.0 Å². The van der Waals surface area contributed by atoms with Crippen molar-refractivity contribution in [2.45, 2.75) is 51.7 Å². The number of fused-ring (bicyclic) bond motifs is 1. The van der Waals surface area contributed by atoms with Crippen LogP contribution in [0.1, 0.15) is 55.7 Å². The van der Waals surface area contributed by atoms with Gasteiger partial charge in [-0.05, 0) is 62.6 Å². The maximum absolute atomic E-state index is 13.6. The molecule has 1 unspecified atom stereocenters. The highest BCUT2D eigenvalue weighted by Crippen LogP contribution is 2.39. The van der Waals surface area contributed by atoms with Gasteiger partial charge in [0, 0.05) is 30.4 Å². The average Bonchev–Trinajstić information content (AvgIpc) is 3.21. The smallest absolute Gasteiger partial charge is 0.410 e.